The van der Waals surface area contributed by atoms with Crippen molar-refractivity contribution < 1.29 is 19.1 Å². The van der Waals surface area contributed by atoms with Crippen LogP contribution in [0.2, 0.25) is 5.02 Å². The maximum atomic E-state index is 13.2. The lowest BCUT2D eigenvalue weighted by Gasteiger charge is -2.20. The second kappa shape index (κ2) is 10.1. The average molecular weight is 513 g/mol. The molecule has 1 aromatic carbocycles. The molecule has 0 aliphatic carbocycles. The topological polar surface area (TPSA) is 121 Å². The molecule has 5 rings (SSSR count). The van der Waals surface area contributed by atoms with Crippen LogP contribution in [0.25, 0.3) is 0 Å². The largest absolute Gasteiger partial charge is 0.492 e. The van der Waals surface area contributed by atoms with E-state index in [2.05, 4.69) is 15.6 Å². The van der Waals surface area contributed by atoms with Crippen molar-refractivity contribution in [1.82, 2.24) is 29.8 Å². The van der Waals surface area contributed by atoms with Crippen LogP contribution in [0.15, 0.2) is 47.5 Å². The zero-order valence-electron chi connectivity index (χ0n) is 19.6. The first-order chi connectivity index (χ1) is 17.4. The normalized spacial score (nSPS) is 20.4. The van der Waals surface area contributed by atoms with Crippen molar-refractivity contribution in [3.63, 3.8) is 0 Å². The van der Waals surface area contributed by atoms with Gasteiger partial charge in [0.2, 0.25) is 5.56 Å². The van der Waals surface area contributed by atoms with Crippen molar-refractivity contribution in [3.8, 4) is 5.75 Å². The summed E-state index contributed by atoms with van der Waals surface area (Å²) in [6.07, 6.45) is 3.49. The summed E-state index contributed by atoms with van der Waals surface area (Å²) in [6.45, 7) is 1.67. The van der Waals surface area contributed by atoms with Crippen molar-refractivity contribution in [3.05, 3.63) is 74.9 Å². The number of fused-ring (bicyclic) bond motifs is 5. The molecule has 11 nitrogen and oxygen atoms in total. The predicted octanol–water partition coefficient (Wildman–Crippen LogP) is 1.25. The van der Waals surface area contributed by atoms with Gasteiger partial charge >= 0.3 is 0 Å². The molecule has 3 aromatic rings. The molecular formula is C24H25ClN6O5. The zero-order chi connectivity index (χ0) is 25.2. The fourth-order valence-electron chi connectivity index (χ4n) is 4.27. The van der Waals surface area contributed by atoms with E-state index in [1.165, 1.54) is 22.9 Å². The molecule has 2 aliphatic heterocycles. The van der Waals surface area contributed by atoms with E-state index in [0.717, 1.165) is 0 Å². The molecule has 188 valence electrons. The van der Waals surface area contributed by atoms with E-state index in [-0.39, 0.29) is 37.1 Å². The first kappa shape index (κ1) is 24.0. The van der Waals surface area contributed by atoms with Crippen LogP contribution in [0.1, 0.15) is 32.8 Å². The third-order valence-corrected chi connectivity index (χ3v) is 6.53. The van der Waals surface area contributed by atoms with Gasteiger partial charge in [-0.15, -0.1) is 5.10 Å². The van der Waals surface area contributed by atoms with E-state index in [4.69, 9.17) is 21.1 Å². The first-order valence-corrected chi connectivity index (χ1v) is 11.9. The Morgan fingerprint density at radius 1 is 1.17 bits per heavy atom. The standard InChI is InChI=1S/C24H25ClN6O5/c1-29-10-16(4-6-22(29)32)24(34)30-12-19-21(13-30)36-14-17-11-31(28-27-17)7-2-8-35-20-9-15(23(33)26-19)3-5-18(20)25/h3-6,9-11,19,21H,2,7-8,12-14H2,1H3,(H,26,33)/t19-,21-/m0/s1. The molecule has 0 radical (unpaired) electrons. The zero-order valence-corrected chi connectivity index (χ0v) is 20.3. The smallest absolute Gasteiger partial charge is 0.255 e. The molecule has 4 heterocycles. The van der Waals surface area contributed by atoms with E-state index in [1.54, 1.807) is 41.0 Å². The van der Waals surface area contributed by atoms with Gasteiger partial charge in [-0.3, -0.25) is 19.1 Å². The van der Waals surface area contributed by atoms with Crippen LogP contribution in [0.3, 0.4) is 0 Å². The SMILES string of the molecule is Cn1cc(C(=O)N2C[C@@H]3NC(=O)c4ccc(Cl)c(c4)OCCCn4cc(nn4)CO[C@H]3C2)ccc1=O. The molecular weight excluding hydrogens is 488 g/mol. The fourth-order valence-corrected chi connectivity index (χ4v) is 4.44. The molecule has 0 saturated carbocycles. The summed E-state index contributed by atoms with van der Waals surface area (Å²) >= 11 is 6.27. The summed E-state index contributed by atoms with van der Waals surface area (Å²) in [4.78, 5) is 39.6. The molecule has 1 saturated heterocycles. The van der Waals surface area contributed by atoms with E-state index >= 15 is 0 Å². The number of rotatable bonds is 1. The molecule has 36 heavy (non-hydrogen) atoms. The highest BCUT2D eigenvalue weighted by molar-refractivity contribution is 6.32. The molecule has 0 spiro atoms. The highest BCUT2D eigenvalue weighted by Crippen LogP contribution is 2.26. The lowest BCUT2D eigenvalue weighted by Crippen LogP contribution is -2.44. The Hall–Kier alpha value is -3.70. The minimum Gasteiger partial charge on any atom is -0.492 e. The minimum atomic E-state index is -0.480. The number of ether oxygens (including phenoxy) is 2. The summed E-state index contributed by atoms with van der Waals surface area (Å²) < 4.78 is 15.0. The Kier molecular flexibility index (Phi) is 6.75. The maximum Gasteiger partial charge on any atom is 0.255 e. The molecule has 4 bridgehead atoms. The summed E-state index contributed by atoms with van der Waals surface area (Å²) in [7, 11) is 1.59. The number of halogens is 1. The van der Waals surface area contributed by atoms with Crippen LogP contribution >= 0.6 is 11.6 Å². The second-order valence-electron chi connectivity index (χ2n) is 8.83. The lowest BCUT2D eigenvalue weighted by molar-refractivity contribution is 0.0291. The molecule has 2 aliphatic rings. The number of benzene rings is 1. The minimum absolute atomic E-state index is 0.181. The Morgan fingerprint density at radius 2 is 2.03 bits per heavy atom. The van der Waals surface area contributed by atoms with E-state index in [0.29, 0.717) is 47.2 Å². The number of nitrogens with one attached hydrogen (secondary N) is 1. The number of hydrogen-bond acceptors (Lipinski definition) is 7. The molecule has 2 amide bonds. The van der Waals surface area contributed by atoms with Gasteiger partial charge in [0.25, 0.3) is 11.8 Å². The van der Waals surface area contributed by atoms with Gasteiger partial charge in [-0.25, -0.2) is 0 Å². The summed E-state index contributed by atoms with van der Waals surface area (Å²) in [6, 6.07) is 7.23. The van der Waals surface area contributed by atoms with Crippen LogP contribution in [-0.2, 0) is 24.9 Å². The number of pyridine rings is 1. The monoisotopic (exact) mass is 512 g/mol. The van der Waals surface area contributed by atoms with Gasteiger partial charge in [-0.2, -0.15) is 0 Å². The van der Waals surface area contributed by atoms with Gasteiger partial charge in [0.1, 0.15) is 11.4 Å². The van der Waals surface area contributed by atoms with Gasteiger partial charge in [0, 0.05) is 50.9 Å². The number of aromatic nitrogens is 4. The van der Waals surface area contributed by atoms with Crippen molar-refractivity contribution in [2.45, 2.75) is 31.7 Å². The Morgan fingerprint density at radius 3 is 2.86 bits per heavy atom. The van der Waals surface area contributed by atoms with Crippen molar-refractivity contribution in [1.29, 1.82) is 0 Å². The van der Waals surface area contributed by atoms with Gasteiger partial charge in [-0.1, -0.05) is 16.8 Å². The predicted molar refractivity (Wildman–Crippen MR) is 129 cm³/mol. The lowest BCUT2D eigenvalue weighted by atomic mass is 10.1. The number of carbonyl (C=O) groups is 2. The number of likely N-dealkylation sites (tertiary alicyclic amines) is 1. The molecule has 1 fully saturated rings. The third kappa shape index (κ3) is 5.12. The number of carbonyl (C=O) groups excluding carboxylic acids is 2. The van der Waals surface area contributed by atoms with Crippen LogP contribution in [0, 0.1) is 0 Å². The highest BCUT2D eigenvalue weighted by Gasteiger charge is 2.38. The molecule has 0 unspecified atom stereocenters. The summed E-state index contributed by atoms with van der Waals surface area (Å²) in [5, 5.41) is 11.7. The fraction of sp³-hybridized carbons (Fsp3) is 0.375. The Labute approximate surface area is 211 Å². The number of amides is 2. The molecule has 12 heteroatoms. The number of aryl methyl sites for hydroxylation is 2. The molecule has 1 N–H and O–H groups in total. The third-order valence-electron chi connectivity index (χ3n) is 6.22. The van der Waals surface area contributed by atoms with Gasteiger partial charge in [0.05, 0.1) is 42.1 Å². The maximum absolute atomic E-state index is 13.2. The van der Waals surface area contributed by atoms with Crippen LogP contribution < -0.4 is 15.6 Å². The van der Waals surface area contributed by atoms with E-state index in [9.17, 15) is 14.4 Å². The molecule has 2 atom stereocenters. The summed E-state index contributed by atoms with van der Waals surface area (Å²) in [5.41, 5.74) is 1.20. The second-order valence-corrected chi connectivity index (χ2v) is 9.23. The van der Waals surface area contributed by atoms with Crippen molar-refractivity contribution >= 4 is 23.4 Å². The summed E-state index contributed by atoms with van der Waals surface area (Å²) in [5.74, 6) is -0.166. The van der Waals surface area contributed by atoms with Gasteiger partial charge in [0.15, 0.2) is 0 Å². The Bertz CT molecular complexity index is 1350. The molecule has 2 aromatic heterocycles. The van der Waals surface area contributed by atoms with Crippen LogP contribution in [0.5, 0.6) is 5.75 Å². The van der Waals surface area contributed by atoms with E-state index in [1.807, 2.05) is 0 Å². The first-order valence-electron chi connectivity index (χ1n) is 11.6. The van der Waals surface area contributed by atoms with Gasteiger partial charge < -0.3 is 24.3 Å². The highest BCUT2D eigenvalue weighted by atomic mass is 35.5. The quantitative estimate of drug-likeness (QED) is 0.521. The van der Waals surface area contributed by atoms with Crippen LogP contribution in [0.4, 0.5) is 0 Å². The van der Waals surface area contributed by atoms with Gasteiger partial charge in [-0.05, 0) is 24.3 Å². The van der Waals surface area contributed by atoms with Crippen molar-refractivity contribution in [2.24, 2.45) is 7.05 Å². The number of nitrogens with zero attached hydrogens (tertiary/aromatic N) is 5. The van der Waals surface area contributed by atoms with Crippen molar-refractivity contribution in [2.75, 3.05) is 19.7 Å². The Balaban J connectivity index is 1.41. The van der Waals surface area contributed by atoms with E-state index < -0.39 is 12.1 Å². The number of hydrogen-bond donors (Lipinski definition) is 1. The average Bonchev–Trinajstić information content (AvgIpc) is 3.49. The van der Waals surface area contributed by atoms with Crippen LogP contribution in [-0.4, -0.2) is 68.1 Å².